The first kappa shape index (κ1) is 17.4. The maximum Gasteiger partial charge on any atom is 0.410 e. The number of rotatable bonds is 4. The van der Waals surface area contributed by atoms with E-state index in [9.17, 15) is 14.4 Å². The minimum atomic E-state index is -0.554. The van der Waals surface area contributed by atoms with E-state index in [-0.39, 0.29) is 17.8 Å². The second-order valence-corrected chi connectivity index (χ2v) is 7.05. The number of ether oxygens (including phenoxy) is 1. The van der Waals surface area contributed by atoms with Gasteiger partial charge in [0.15, 0.2) is 11.4 Å². The number of likely N-dealkylation sites (tertiary alicyclic amines) is 1. The number of carbonyl (C=O) groups is 3. The molecule has 0 aliphatic carbocycles. The van der Waals surface area contributed by atoms with Crippen LogP contribution >= 0.6 is 0 Å². The summed E-state index contributed by atoms with van der Waals surface area (Å²) in [7, 11) is 1.71. The van der Waals surface area contributed by atoms with Crippen molar-refractivity contribution >= 4 is 17.8 Å². The van der Waals surface area contributed by atoms with Gasteiger partial charge in [0.2, 0.25) is 5.91 Å². The fraction of sp³-hybridized carbons (Fsp3) is 0.647. The molecule has 2 fully saturated rings. The molecule has 8 nitrogen and oxygen atoms in total. The molecule has 2 amide bonds. The smallest absolute Gasteiger partial charge is 0.410 e. The Morgan fingerprint density at radius 3 is 2.56 bits per heavy atom. The Kier molecular flexibility index (Phi) is 4.30. The first-order valence-electron chi connectivity index (χ1n) is 8.49. The standard InChI is InChI=1S/C17H24N4O4/c1-11-15(13(3)22)12(2)21(18-11)7-5-14(23)20-8-6-17(10-20)9-19(4)16(24)25-17/h5-10H2,1-4H3. The minimum Gasteiger partial charge on any atom is -0.439 e. The number of aromatic nitrogens is 2. The van der Waals surface area contributed by atoms with Gasteiger partial charge in [-0.3, -0.25) is 14.3 Å². The Morgan fingerprint density at radius 2 is 2.00 bits per heavy atom. The van der Waals surface area contributed by atoms with E-state index in [0.29, 0.717) is 50.3 Å². The SMILES string of the molecule is CC(=O)c1c(C)nn(CCC(=O)N2CCC3(CN(C)C(=O)O3)C2)c1C. The van der Waals surface area contributed by atoms with Crippen LogP contribution in [0.15, 0.2) is 0 Å². The molecule has 25 heavy (non-hydrogen) atoms. The molecular weight excluding hydrogens is 324 g/mol. The van der Waals surface area contributed by atoms with Crippen molar-refractivity contribution in [2.45, 2.75) is 45.8 Å². The molecule has 0 aromatic carbocycles. The highest BCUT2D eigenvalue weighted by molar-refractivity contribution is 5.96. The molecule has 1 aromatic heterocycles. The molecule has 0 radical (unpaired) electrons. The summed E-state index contributed by atoms with van der Waals surface area (Å²) in [5, 5.41) is 4.37. The van der Waals surface area contributed by atoms with Crippen LogP contribution in [0, 0.1) is 13.8 Å². The summed E-state index contributed by atoms with van der Waals surface area (Å²) in [5.74, 6) is 0.000588. The van der Waals surface area contributed by atoms with Crippen LogP contribution in [0.4, 0.5) is 4.79 Å². The van der Waals surface area contributed by atoms with E-state index in [4.69, 9.17) is 4.74 Å². The fourth-order valence-corrected chi connectivity index (χ4v) is 3.85. The van der Waals surface area contributed by atoms with Crippen LogP contribution in [0.3, 0.4) is 0 Å². The van der Waals surface area contributed by atoms with Gasteiger partial charge in [0.1, 0.15) is 0 Å². The largest absolute Gasteiger partial charge is 0.439 e. The lowest BCUT2D eigenvalue weighted by Gasteiger charge is -2.21. The second-order valence-electron chi connectivity index (χ2n) is 7.05. The first-order chi connectivity index (χ1) is 11.7. The Labute approximate surface area is 146 Å². The quantitative estimate of drug-likeness (QED) is 0.762. The molecule has 8 heteroatoms. The van der Waals surface area contributed by atoms with Crippen molar-refractivity contribution in [1.82, 2.24) is 19.6 Å². The van der Waals surface area contributed by atoms with Gasteiger partial charge >= 0.3 is 6.09 Å². The second kappa shape index (κ2) is 6.16. The Bertz CT molecular complexity index is 741. The first-order valence-corrected chi connectivity index (χ1v) is 8.49. The number of hydrogen-bond acceptors (Lipinski definition) is 5. The number of aryl methyl sites for hydroxylation is 2. The molecule has 3 rings (SSSR count). The Balaban J connectivity index is 1.60. The summed E-state index contributed by atoms with van der Waals surface area (Å²) in [4.78, 5) is 39.1. The summed E-state index contributed by atoms with van der Waals surface area (Å²) in [6.07, 6.45) is 0.649. The van der Waals surface area contributed by atoms with E-state index < -0.39 is 5.60 Å². The lowest BCUT2D eigenvalue weighted by atomic mass is 10.0. The summed E-state index contributed by atoms with van der Waals surface area (Å²) < 4.78 is 7.19. The number of likely N-dealkylation sites (N-methyl/N-ethyl adjacent to an activating group) is 1. The van der Waals surface area contributed by atoms with Crippen molar-refractivity contribution in [1.29, 1.82) is 0 Å². The molecule has 1 aromatic rings. The van der Waals surface area contributed by atoms with Crippen LogP contribution in [0.2, 0.25) is 0 Å². The van der Waals surface area contributed by atoms with Crippen molar-refractivity contribution in [2.75, 3.05) is 26.7 Å². The van der Waals surface area contributed by atoms with Gasteiger partial charge in [0, 0.05) is 38.7 Å². The van der Waals surface area contributed by atoms with Gasteiger partial charge in [-0.1, -0.05) is 0 Å². The predicted molar refractivity (Wildman–Crippen MR) is 89.4 cm³/mol. The van der Waals surface area contributed by atoms with Gasteiger partial charge in [-0.15, -0.1) is 0 Å². The van der Waals surface area contributed by atoms with Gasteiger partial charge in [-0.05, 0) is 20.8 Å². The van der Waals surface area contributed by atoms with Crippen LogP contribution in [0.5, 0.6) is 0 Å². The Morgan fingerprint density at radius 1 is 1.28 bits per heavy atom. The normalized spacial score (nSPS) is 22.8. The van der Waals surface area contributed by atoms with Crippen molar-refractivity contribution < 1.29 is 19.1 Å². The summed E-state index contributed by atoms with van der Waals surface area (Å²) >= 11 is 0. The third-order valence-electron chi connectivity index (χ3n) is 5.08. The maximum atomic E-state index is 12.5. The number of ketones is 1. The number of hydrogen-bond donors (Lipinski definition) is 0. The van der Waals surface area contributed by atoms with E-state index in [1.165, 1.54) is 6.92 Å². The fourth-order valence-electron chi connectivity index (χ4n) is 3.85. The van der Waals surface area contributed by atoms with E-state index in [1.807, 2.05) is 6.92 Å². The molecule has 3 heterocycles. The zero-order valence-corrected chi connectivity index (χ0v) is 15.2. The van der Waals surface area contributed by atoms with E-state index in [1.54, 1.807) is 28.5 Å². The van der Waals surface area contributed by atoms with Gasteiger partial charge in [-0.2, -0.15) is 5.10 Å². The van der Waals surface area contributed by atoms with Crippen molar-refractivity contribution in [3.05, 3.63) is 17.0 Å². The molecule has 0 N–H and O–H groups in total. The third kappa shape index (κ3) is 3.12. The van der Waals surface area contributed by atoms with Crippen molar-refractivity contribution in [2.24, 2.45) is 0 Å². The summed E-state index contributed by atoms with van der Waals surface area (Å²) in [5.41, 5.74) is 1.57. The third-order valence-corrected chi connectivity index (χ3v) is 5.08. The van der Waals surface area contributed by atoms with E-state index >= 15 is 0 Å². The molecule has 1 spiro atoms. The number of Topliss-reactive ketones (excluding diaryl/α,β-unsaturated/α-hetero) is 1. The van der Waals surface area contributed by atoms with Gasteiger partial charge in [-0.25, -0.2) is 4.79 Å². The summed E-state index contributed by atoms with van der Waals surface area (Å²) in [6.45, 7) is 7.16. The van der Waals surface area contributed by atoms with Crippen LogP contribution in [-0.4, -0.2) is 69.6 Å². The van der Waals surface area contributed by atoms with Crippen LogP contribution in [0.1, 0.15) is 41.5 Å². The lowest BCUT2D eigenvalue weighted by molar-refractivity contribution is -0.131. The van der Waals surface area contributed by atoms with Crippen LogP contribution < -0.4 is 0 Å². The van der Waals surface area contributed by atoms with E-state index in [0.717, 1.165) is 5.69 Å². The molecule has 136 valence electrons. The molecule has 2 saturated heterocycles. The zero-order chi connectivity index (χ0) is 18.4. The van der Waals surface area contributed by atoms with Gasteiger partial charge < -0.3 is 14.5 Å². The maximum absolute atomic E-state index is 12.5. The lowest BCUT2D eigenvalue weighted by Crippen LogP contribution is -2.39. The average Bonchev–Trinajstić information content (AvgIpc) is 3.14. The number of amides is 2. The number of nitrogens with zero attached hydrogens (tertiary/aromatic N) is 4. The van der Waals surface area contributed by atoms with Crippen LogP contribution in [0.25, 0.3) is 0 Å². The molecule has 1 unspecified atom stereocenters. The number of carbonyl (C=O) groups excluding carboxylic acids is 3. The Hall–Kier alpha value is -2.38. The predicted octanol–water partition coefficient (Wildman–Crippen LogP) is 1.15. The average molecular weight is 348 g/mol. The highest BCUT2D eigenvalue weighted by Gasteiger charge is 2.49. The molecule has 0 saturated carbocycles. The van der Waals surface area contributed by atoms with Gasteiger partial charge in [0.05, 0.1) is 24.3 Å². The summed E-state index contributed by atoms with van der Waals surface area (Å²) in [6, 6.07) is 0. The minimum absolute atomic E-state index is 0.0127. The van der Waals surface area contributed by atoms with E-state index in [2.05, 4.69) is 5.10 Å². The molecule has 1 atom stereocenters. The zero-order valence-electron chi connectivity index (χ0n) is 15.2. The highest BCUT2D eigenvalue weighted by Crippen LogP contribution is 2.32. The molecular formula is C17H24N4O4. The van der Waals surface area contributed by atoms with Crippen molar-refractivity contribution in [3.8, 4) is 0 Å². The topological polar surface area (TPSA) is 84.7 Å². The van der Waals surface area contributed by atoms with Crippen LogP contribution in [-0.2, 0) is 16.1 Å². The molecule has 2 aliphatic rings. The molecule has 2 aliphatic heterocycles. The monoisotopic (exact) mass is 348 g/mol. The van der Waals surface area contributed by atoms with Crippen molar-refractivity contribution in [3.63, 3.8) is 0 Å². The highest BCUT2D eigenvalue weighted by atomic mass is 16.6. The molecule has 0 bridgehead atoms. The van der Waals surface area contributed by atoms with Gasteiger partial charge in [0.25, 0.3) is 0 Å².